The van der Waals surface area contributed by atoms with Crippen LogP contribution in [0.4, 0.5) is 0 Å². The Kier molecular flexibility index (Phi) is 3.40. The lowest BCUT2D eigenvalue weighted by molar-refractivity contribution is 1.13. The molecule has 3 heterocycles. The summed E-state index contributed by atoms with van der Waals surface area (Å²) < 4.78 is 0. The number of hydrogen-bond acceptors (Lipinski definition) is 4. The second kappa shape index (κ2) is 5.27. The van der Waals surface area contributed by atoms with Gasteiger partial charge in [0, 0.05) is 16.0 Å². The number of rotatable bonds is 1. The maximum atomic E-state index is 6.36. The third-order valence-corrected chi connectivity index (χ3v) is 6.18. The zero-order chi connectivity index (χ0) is 14.4. The fraction of sp³-hybridized carbons (Fsp3) is 0.250. The molecule has 0 bridgehead atoms. The van der Waals surface area contributed by atoms with E-state index in [1.807, 2.05) is 35.2 Å². The lowest BCUT2D eigenvalue weighted by atomic mass is 10.2. The average Bonchev–Trinajstić information content (AvgIpc) is 2.92. The van der Waals surface area contributed by atoms with E-state index < -0.39 is 0 Å². The van der Waals surface area contributed by atoms with Crippen molar-refractivity contribution in [3.05, 3.63) is 45.4 Å². The summed E-state index contributed by atoms with van der Waals surface area (Å²) in [6, 6.07) is 8.35. The quantitative estimate of drug-likeness (QED) is 0.579. The topological polar surface area (TPSA) is 25.8 Å². The number of hydrogen-bond donors (Lipinski definition) is 0. The fourth-order valence-corrected chi connectivity index (χ4v) is 5.11. The molecule has 0 unspecified atom stereocenters. The van der Waals surface area contributed by atoms with Gasteiger partial charge in [-0.2, -0.15) is 11.8 Å². The molecule has 106 valence electrons. The molecule has 3 aromatic rings. The first-order valence-electron chi connectivity index (χ1n) is 6.84. The Morgan fingerprint density at radius 2 is 2.10 bits per heavy atom. The molecule has 0 atom stereocenters. The average molecular weight is 333 g/mol. The number of benzene rings is 1. The molecule has 2 aromatic heterocycles. The molecular formula is C16H13ClN2S2. The van der Waals surface area contributed by atoms with Crippen molar-refractivity contribution < 1.29 is 0 Å². The van der Waals surface area contributed by atoms with E-state index in [2.05, 4.69) is 24.0 Å². The largest absolute Gasteiger partial charge is 0.227 e. The summed E-state index contributed by atoms with van der Waals surface area (Å²) in [5, 5.41) is 1.47. The number of aryl methyl sites for hydroxylation is 2. The van der Waals surface area contributed by atoms with Crippen molar-refractivity contribution in [2.24, 2.45) is 0 Å². The second-order valence-corrected chi connectivity index (χ2v) is 7.82. The molecule has 2 nitrogen and oxygen atoms in total. The molecule has 0 fully saturated rings. The second-order valence-electron chi connectivity index (χ2n) is 5.22. The Hall–Kier alpha value is -1.10. The SMILES string of the molecule is Cc1ccc2nc(-c3cc4c(s3)CCSC4)nc(Cl)c2c1. The first-order chi connectivity index (χ1) is 10.2. The summed E-state index contributed by atoms with van der Waals surface area (Å²) in [5.74, 6) is 3.07. The van der Waals surface area contributed by atoms with Crippen molar-refractivity contribution >= 4 is 45.6 Å². The van der Waals surface area contributed by atoms with Crippen LogP contribution in [0.3, 0.4) is 0 Å². The number of thioether (sulfide) groups is 1. The summed E-state index contributed by atoms with van der Waals surface area (Å²) in [4.78, 5) is 11.8. The van der Waals surface area contributed by atoms with Crippen LogP contribution in [0.1, 0.15) is 16.0 Å². The summed E-state index contributed by atoms with van der Waals surface area (Å²) >= 11 is 10.2. The number of thiophene rings is 1. The minimum absolute atomic E-state index is 0.541. The van der Waals surface area contributed by atoms with Crippen LogP contribution < -0.4 is 0 Å². The minimum atomic E-state index is 0.541. The van der Waals surface area contributed by atoms with Gasteiger partial charge in [0.2, 0.25) is 0 Å². The minimum Gasteiger partial charge on any atom is -0.227 e. The molecule has 0 spiro atoms. The van der Waals surface area contributed by atoms with Crippen molar-refractivity contribution in [2.75, 3.05) is 5.75 Å². The Bertz CT molecular complexity index is 818. The molecule has 21 heavy (non-hydrogen) atoms. The molecule has 0 saturated carbocycles. The van der Waals surface area contributed by atoms with Crippen LogP contribution in [0.2, 0.25) is 5.15 Å². The first kappa shape index (κ1) is 13.6. The van der Waals surface area contributed by atoms with Gasteiger partial charge in [-0.15, -0.1) is 11.3 Å². The lowest BCUT2D eigenvalue weighted by Gasteiger charge is -2.08. The summed E-state index contributed by atoms with van der Waals surface area (Å²) in [7, 11) is 0. The van der Waals surface area contributed by atoms with Crippen molar-refractivity contribution in [2.45, 2.75) is 19.1 Å². The Morgan fingerprint density at radius 1 is 1.19 bits per heavy atom. The number of nitrogens with zero attached hydrogens (tertiary/aromatic N) is 2. The van der Waals surface area contributed by atoms with E-state index >= 15 is 0 Å². The molecule has 0 radical (unpaired) electrons. The normalized spacial score (nSPS) is 14.4. The Morgan fingerprint density at radius 3 is 2.95 bits per heavy atom. The van der Waals surface area contributed by atoms with Gasteiger partial charge in [-0.25, -0.2) is 9.97 Å². The van der Waals surface area contributed by atoms with Gasteiger partial charge in [0.05, 0.1) is 10.4 Å². The van der Waals surface area contributed by atoms with E-state index in [1.54, 1.807) is 0 Å². The highest BCUT2D eigenvalue weighted by Gasteiger charge is 2.17. The van der Waals surface area contributed by atoms with Crippen LogP contribution >= 0.6 is 34.7 Å². The third kappa shape index (κ3) is 2.45. The van der Waals surface area contributed by atoms with E-state index in [0.29, 0.717) is 5.15 Å². The highest BCUT2D eigenvalue weighted by molar-refractivity contribution is 7.98. The van der Waals surface area contributed by atoms with E-state index in [9.17, 15) is 0 Å². The lowest BCUT2D eigenvalue weighted by Crippen LogP contribution is -1.96. The smallest absolute Gasteiger partial charge is 0.171 e. The van der Waals surface area contributed by atoms with Gasteiger partial charge >= 0.3 is 0 Å². The molecule has 1 aliphatic heterocycles. The van der Waals surface area contributed by atoms with Crippen LogP contribution in [0, 0.1) is 6.92 Å². The Labute approximate surface area is 136 Å². The molecule has 4 rings (SSSR count). The van der Waals surface area contributed by atoms with E-state index in [-0.39, 0.29) is 0 Å². The van der Waals surface area contributed by atoms with E-state index in [4.69, 9.17) is 16.6 Å². The standard InChI is InChI=1S/C16H13ClN2S2/c1-9-2-3-12-11(6-9)15(17)19-16(18-12)14-7-10-8-20-5-4-13(10)21-14/h2-3,6-7H,4-5,8H2,1H3. The zero-order valence-corrected chi connectivity index (χ0v) is 13.9. The van der Waals surface area contributed by atoms with Gasteiger partial charge in [-0.1, -0.05) is 23.2 Å². The highest BCUT2D eigenvalue weighted by atomic mass is 35.5. The monoisotopic (exact) mass is 332 g/mol. The zero-order valence-electron chi connectivity index (χ0n) is 11.5. The van der Waals surface area contributed by atoms with Crippen LogP contribution in [-0.2, 0) is 12.2 Å². The van der Waals surface area contributed by atoms with Gasteiger partial charge in [-0.05, 0) is 42.9 Å². The summed E-state index contributed by atoms with van der Waals surface area (Å²) in [6.45, 7) is 2.05. The van der Waals surface area contributed by atoms with Crippen molar-refractivity contribution in [1.82, 2.24) is 9.97 Å². The van der Waals surface area contributed by atoms with Gasteiger partial charge in [0.15, 0.2) is 5.82 Å². The highest BCUT2D eigenvalue weighted by Crippen LogP contribution is 2.36. The maximum absolute atomic E-state index is 6.36. The van der Waals surface area contributed by atoms with Gasteiger partial charge in [0.1, 0.15) is 5.15 Å². The predicted molar refractivity (Wildman–Crippen MR) is 92.5 cm³/mol. The Balaban J connectivity index is 1.86. The van der Waals surface area contributed by atoms with Crippen LogP contribution in [0.25, 0.3) is 21.6 Å². The van der Waals surface area contributed by atoms with Gasteiger partial charge < -0.3 is 0 Å². The van der Waals surface area contributed by atoms with Gasteiger partial charge in [0.25, 0.3) is 0 Å². The summed E-state index contributed by atoms with van der Waals surface area (Å²) in [5.41, 5.74) is 3.52. The molecule has 1 aliphatic rings. The van der Waals surface area contributed by atoms with Crippen LogP contribution in [0.5, 0.6) is 0 Å². The van der Waals surface area contributed by atoms with Gasteiger partial charge in [-0.3, -0.25) is 0 Å². The predicted octanol–water partition coefficient (Wildman–Crippen LogP) is 5.11. The molecule has 1 aromatic carbocycles. The molecule has 0 aliphatic carbocycles. The maximum Gasteiger partial charge on any atom is 0.171 e. The number of halogens is 1. The molecule has 0 saturated heterocycles. The van der Waals surface area contributed by atoms with Crippen molar-refractivity contribution in [3.8, 4) is 10.7 Å². The summed E-state index contributed by atoms with van der Waals surface area (Å²) in [6.07, 6.45) is 1.16. The van der Waals surface area contributed by atoms with Crippen LogP contribution in [-0.4, -0.2) is 15.7 Å². The fourth-order valence-electron chi connectivity index (χ4n) is 2.57. The molecule has 0 N–H and O–H groups in total. The first-order valence-corrected chi connectivity index (χ1v) is 9.19. The van der Waals surface area contributed by atoms with Crippen LogP contribution in [0.15, 0.2) is 24.3 Å². The number of aromatic nitrogens is 2. The molecular weight excluding hydrogens is 320 g/mol. The molecule has 5 heteroatoms. The van der Waals surface area contributed by atoms with Crippen molar-refractivity contribution in [1.29, 1.82) is 0 Å². The van der Waals surface area contributed by atoms with Crippen molar-refractivity contribution in [3.63, 3.8) is 0 Å². The third-order valence-electron chi connectivity index (χ3n) is 3.65. The van der Waals surface area contributed by atoms with E-state index in [0.717, 1.165) is 33.8 Å². The van der Waals surface area contributed by atoms with E-state index in [1.165, 1.54) is 21.8 Å². The number of fused-ring (bicyclic) bond motifs is 2. The molecule has 0 amide bonds.